The molecule has 1 aliphatic heterocycles. The second-order valence-electron chi connectivity index (χ2n) is 1.56. The summed E-state index contributed by atoms with van der Waals surface area (Å²) >= 11 is 0. The molecule has 0 aliphatic carbocycles. The van der Waals surface area contributed by atoms with Gasteiger partial charge in [-0.25, -0.2) is 11.7 Å². The molecule has 1 aliphatic rings. The summed E-state index contributed by atoms with van der Waals surface area (Å²) in [6, 6.07) is 0. The standard InChI is InChI=1S/C3H9N5/c4-8(5)7-2-1-6-3-7/h3H,1-2,4-5H2. The molecular formula is C3H9N5. The third-order valence-electron chi connectivity index (χ3n) is 0.970. The number of nitrogens with two attached hydrogens (primary N) is 2. The van der Waals surface area contributed by atoms with E-state index in [4.69, 9.17) is 11.7 Å². The summed E-state index contributed by atoms with van der Waals surface area (Å²) in [4.78, 5) is 3.89. The van der Waals surface area contributed by atoms with Crippen molar-refractivity contribution in [3.05, 3.63) is 0 Å². The summed E-state index contributed by atoms with van der Waals surface area (Å²) in [5.41, 5.74) is 0. The minimum atomic E-state index is 0.783. The molecule has 1 heterocycles. The average Bonchev–Trinajstić information content (AvgIpc) is 2.12. The molecular weight excluding hydrogens is 106 g/mol. The van der Waals surface area contributed by atoms with Crippen molar-refractivity contribution in [3.8, 4) is 0 Å². The first-order valence-corrected chi connectivity index (χ1v) is 2.37. The fourth-order valence-corrected chi connectivity index (χ4v) is 0.545. The number of rotatable bonds is 1. The summed E-state index contributed by atoms with van der Waals surface area (Å²) < 4.78 is 0. The summed E-state index contributed by atoms with van der Waals surface area (Å²) in [7, 11) is 0. The van der Waals surface area contributed by atoms with Gasteiger partial charge < -0.3 is 0 Å². The lowest BCUT2D eigenvalue weighted by atomic mass is 10.7. The molecule has 4 N–H and O–H groups in total. The van der Waals surface area contributed by atoms with Crippen LogP contribution in [0.15, 0.2) is 4.99 Å². The zero-order chi connectivity index (χ0) is 5.98. The monoisotopic (exact) mass is 115 g/mol. The highest BCUT2D eigenvalue weighted by Crippen LogP contribution is 1.89. The topological polar surface area (TPSA) is 70.9 Å². The summed E-state index contributed by atoms with van der Waals surface area (Å²) in [6.07, 6.45) is 1.61. The Bertz CT molecular complexity index is 97.8. The highest BCUT2D eigenvalue weighted by Gasteiger charge is 2.06. The highest BCUT2D eigenvalue weighted by molar-refractivity contribution is 5.55. The lowest BCUT2D eigenvalue weighted by Gasteiger charge is -2.19. The van der Waals surface area contributed by atoms with Gasteiger partial charge in [0.2, 0.25) is 0 Å². The Morgan fingerprint density at radius 3 is 2.62 bits per heavy atom. The maximum atomic E-state index is 5.14. The van der Waals surface area contributed by atoms with E-state index in [1.807, 2.05) is 0 Å². The zero-order valence-electron chi connectivity index (χ0n) is 4.49. The van der Waals surface area contributed by atoms with Crippen molar-refractivity contribution in [3.63, 3.8) is 0 Å². The minimum absolute atomic E-state index is 0.783. The molecule has 0 aromatic heterocycles. The second kappa shape index (κ2) is 2.08. The van der Waals surface area contributed by atoms with Crippen molar-refractivity contribution in [2.75, 3.05) is 13.1 Å². The normalized spacial score (nSPS) is 18.6. The van der Waals surface area contributed by atoms with E-state index in [1.54, 1.807) is 11.3 Å². The molecule has 1 rings (SSSR count). The SMILES string of the molecule is NN(N)N1C=NCC1. The van der Waals surface area contributed by atoms with Crippen LogP contribution in [0.3, 0.4) is 0 Å². The van der Waals surface area contributed by atoms with Crippen molar-refractivity contribution in [1.29, 1.82) is 0 Å². The Labute approximate surface area is 47.5 Å². The Morgan fingerprint density at radius 1 is 1.62 bits per heavy atom. The lowest BCUT2D eigenvalue weighted by molar-refractivity contribution is 0.0602. The molecule has 8 heavy (non-hydrogen) atoms. The first kappa shape index (κ1) is 5.49. The van der Waals surface area contributed by atoms with E-state index >= 15 is 0 Å². The molecule has 0 saturated carbocycles. The van der Waals surface area contributed by atoms with Crippen LogP contribution in [0.2, 0.25) is 0 Å². The van der Waals surface area contributed by atoms with Crippen LogP contribution in [0.5, 0.6) is 0 Å². The van der Waals surface area contributed by atoms with Crippen LogP contribution < -0.4 is 11.7 Å². The van der Waals surface area contributed by atoms with Gasteiger partial charge in [0.05, 0.1) is 13.1 Å². The Morgan fingerprint density at radius 2 is 2.38 bits per heavy atom. The van der Waals surface area contributed by atoms with E-state index in [1.165, 1.54) is 0 Å². The molecule has 0 saturated heterocycles. The first-order chi connectivity index (χ1) is 3.80. The Balaban J connectivity index is 2.36. The largest absolute Gasteiger partial charge is 0.272 e. The van der Waals surface area contributed by atoms with E-state index in [2.05, 4.69) is 4.99 Å². The molecule has 0 amide bonds. The fourth-order valence-electron chi connectivity index (χ4n) is 0.545. The molecule has 0 aromatic rings. The van der Waals surface area contributed by atoms with E-state index in [0.717, 1.165) is 18.3 Å². The third kappa shape index (κ3) is 0.945. The molecule has 0 spiro atoms. The Kier molecular flexibility index (Phi) is 1.43. The van der Waals surface area contributed by atoms with Gasteiger partial charge in [0.1, 0.15) is 6.34 Å². The van der Waals surface area contributed by atoms with Crippen molar-refractivity contribution < 1.29 is 0 Å². The van der Waals surface area contributed by atoms with Gasteiger partial charge in [-0.1, -0.05) is 5.23 Å². The predicted octanol–water partition coefficient (Wildman–Crippen LogP) is -1.71. The van der Waals surface area contributed by atoms with Crippen molar-refractivity contribution in [1.82, 2.24) is 10.2 Å². The maximum absolute atomic E-state index is 5.14. The number of hydrogen-bond acceptors (Lipinski definition) is 5. The maximum Gasteiger partial charge on any atom is 0.102 e. The Hall–Kier alpha value is -0.650. The number of hydrazine groups is 3. The summed E-state index contributed by atoms with van der Waals surface area (Å²) in [5.74, 6) is 10.3. The van der Waals surface area contributed by atoms with Gasteiger partial charge in [0.15, 0.2) is 0 Å². The fraction of sp³-hybridized carbons (Fsp3) is 0.667. The van der Waals surface area contributed by atoms with Crippen LogP contribution in [-0.2, 0) is 0 Å². The van der Waals surface area contributed by atoms with Crippen molar-refractivity contribution in [2.45, 2.75) is 0 Å². The highest BCUT2D eigenvalue weighted by atomic mass is 15.9. The molecule has 0 bridgehead atoms. The molecule has 0 aromatic carbocycles. The first-order valence-electron chi connectivity index (χ1n) is 2.37. The van der Waals surface area contributed by atoms with Crippen LogP contribution in [0.1, 0.15) is 0 Å². The lowest BCUT2D eigenvalue weighted by Crippen LogP contribution is -2.50. The van der Waals surface area contributed by atoms with Crippen LogP contribution in [0, 0.1) is 0 Å². The van der Waals surface area contributed by atoms with Crippen LogP contribution in [0.4, 0.5) is 0 Å². The third-order valence-corrected chi connectivity index (χ3v) is 0.970. The van der Waals surface area contributed by atoms with Gasteiger partial charge in [-0.05, 0) is 0 Å². The molecule has 5 heteroatoms. The van der Waals surface area contributed by atoms with Gasteiger partial charge in [-0.15, -0.1) is 0 Å². The number of nitrogens with zero attached hydrogens (tertiary/aromatic N) is 3. The molecule has 0 atom stereocenters. The predicted molar refractivity (Wildman–Crippen MR) is 30.3 cm³/mol. The van der Waals surface area contributed by atoms with E-state index in [-0.39, 0.29) is 0 Å². The van der Waals surface area contributed by atoms with Crippen molar-refractivity contribution in [2.24, 2.45) is 16.7 Å². The van der Waals surface area contributed by atoms with Gasteiger partial charge in [0, 0.05) is 0 Å². The van der Waals surface area contributed by atoms with Crippen LogP contribution in [0.25, 0.3) is 0 Å². The van der Waals surface area contributed by atoms with Crippen LogP contribution in [-0.4, -0.2) is 29.7 Å². The minimum Gasteiger partial charge on any atom is -0.272 e. The van der Waals surface area contributed by atoms with Gasteiger partial charge in [-0.2, -0.15) is 0 Å². The number of hydrogen-bond donors (Lipinski definition) is 2. The van der Waals surface area contributed by atoms with Crippen LogP contribution >= 0.6 is 0 Å². The molecule has 46 valence electrons. The molecule has 0 fully saturated rings. The van der Waals surface area contributed by atoms with E-state index < -0.39 is 0 Å². The summed E-state index contributed by atoms with van der Waals surface area (Å²) in [6.45, 7) is 1.57. The summed E-state index contributed by atoms with van der Waals surface area (Å²) in [5, 5.41) is 2.65. The molecule has 5 nitrogen and oxygen atoms in total. The number of aliphatic imine (C=N–C) groups is 1. The second-order valence-corrected chi connectivity index (χ2v) is 1.56. The quantitative estimate of drug-likeness (QED) is 0.315. The zero-order valence-corrected chi connectivity index (χ0v) is 4.49. The van der Waals surface area contributed by atoms with Gasteiger partial charge >= 0.3 is 0 Å². The van der Waals surface area contributed by atoms with Crippen molar-refractivity contribution >= 4 is 6.34 Å². The van der Waals surface area contributed by atoms with E-state index in [0.29, 0.717) is 0 Å². The smallest absolute Gasteiger partial charge is 0.102 e. The molecule has 0 radical (unpaired) electrons. The molecule has 0 unspecified atom stereocenters. The average molecular weight is 115 g/mol. The van der Waals surface area contributed by atoms with Gasteiger partial charge in [0.25, 0.3) is 0 Å². The van der Waals surface area contributed by atoms with Gasteiger partial charge in [-0.3, -0.25) is 10.0 Å². The van der Waals surface area contributed by atoms with E-state index in [9.17, 15) is 0 Å².